The number of nitrogens with one attached hydrogen (secondary N) is 1. The lowest BCUT2D eigenvalue weighted by Gasteiger charge is -2.31. The van der Waals surface area contributed by atoms with Gasteiger partial charge < -0.3 is 19.2 Å². The molecule has 0 radical (unpaired) electrons. The van der Waals surface area contributed by atoms with Gasteiger partial charge in [0.05, 0.1) is 32.9 Å². The zero-order chi connectivity index (χ0) is 26.5. The number of hydrogen-bond acceptors (Lipinski definition) is 8. The maximum Gasteiger partial charge on any atom is 0.252 e. The molecule has 1 aliphatic heterocycles. The molecular weight excluding hydrogens is 484 g/mol. The van der Waals surface area contributed by atoms with Crippen molar-refractivity contribution in [3.63, 3.8) is 0 Å². The van der Waals surface area contributed by atoms with Gasteiger partial charge in [0.25, 0.3) is 5.56 Å². The molecule has 200 valence electrons. The van der Waals surface area contributed by atoms with Crippen LogP contribution in [-0.2, 0) is 24.4 Å². The van der Waals surface area contributed by atoms with Crippen molar-refractivity contribution in [3.8, 4) is 11.5 Å². The molecule has 1 saturated heterocycles. The van der Waals surface area contributed by atoms with Crippen molar-refractivity contribution < 1.29 is 14.2 Å². The van der Waals surface area contributed by atoms with Crippen LogP contribution in [0.1, 0.15) is 49.2 Å². The van der Waals surface area contributed by atoms with Gasteiger partial charge in [-0.15, -0.1) is 5.10 Å². The minimum atomic E-state index is -0.142. The molecule has 4 aromatic rings. The number of benzene rings is 2. The fourth-order valence-corrected chi connectivity index (χ4v) is 5.19. The van der Waals surface area contributed by atoms with E-state index < -0.39 is 0 Å². The van der Waals surface area contributed by atoms with Crippen molar-refractivity contribution in [2.75, 3.05) is 20.8 Å². The van der Waals surface area contributed by atoms with Crippen molar-refractivity contribution in [2.45, 2.75) is 58.0 Å². The zero-order valence-electron chi connectivity index (χ0n) is 22.1. The van der Waals surface area contributed by atoms with E-state index in [1.807, 2.05) is 53.2 Å². The highest BCUT2D eigenvalue weighted by molar-refractivity contribution is 5.80. The van der Waals surface area contributed by atoms with E-state index in [-0.39, 0.29) is 17.7 Å². The number of fused-ring (bicyclic) bond motifs is 1. The summed E-state index contributed by atoms with van der Waals surface area (Å²) < 4.78 is 18.8. The molecule has 10 heteroatoms. The van der Waals surface area contributed by atoms with E-state index in [1.165, 1.54) is 0 Å². The number of tetrazole rings is 1. The van der Waals surface area contributed by atoms with E-state index in [9.17, 15) is 4.79 Å². The molecule has 0 spiro atoms. The van der Waals surface area contributed by atoms with Gasteiger partial charge in [-0.25, -0.2) is 4.68 Å². The van der Waals surface area contributed by atoms with Gasteiger partial charge in [0.15, 0.2) is 5.82 Å². The van der Waals surface area contributed by atoms with Crippen LogP contribution in [-0.4, -0.2) is 57.0 Å². The fourth-order valence-electron chi connectivity index (χ4n) is 5.19. The van der Waals surface area contributed by atoms with Gasteiger partial charge in [-0.2, -0.15) is 0 Å². The van der Waals surface area contributed by atoms with Crippen molar-refractivity contribution >= 4 is 10.9 Å². The molecule has 0 unspecified atom stereocenters. The monoisotopic (exact) mass is 518 g/mol. The molecule has 0 amide bonds. The van der Waals surface area contributed by atoms with Crippen LogP contribution < -0.4 is 15.0 Å². The summed E-state index contributed by atoms with van der Waals surface area (Å²) in [6.07, 6.45) is 2.90. The Labute approximate surface area is 221 Å². The predicted molar refractivity (Wildman–Crippen MR) is 143 cm³/mol. The lowest BCUT2D eigenvalue weighted by atomic mass is 10.1. The molecule has 0 bridgehead atoms. The average molecular weight is 519 g/mol. The Morgan fingerprint density at radius 3 is 2.74 bits per heavy atom. The lowest BCUT2D eigenvalue weighted by molar-refractivity contribution is 0.0887. The Morgan fingerprint density at radius 2 is 1.97 bits per heavy atom. The largest absolute Gasteiger partial charge is 0.497 e. The van der Waals surface area contributed by atoms with Crippen LogP contribution in [0.5, 0.6) is 11.5 Å². The topological polar surface area (TPSA) is 107 Å². The van der Waals surface area contributed by atoms with E-state index in [1.54, 1.807) is 14.2 Å². The molecule has 2 aromatic heterocycles. The zero-order valence-corrected chi connectivity index (χ0v) is 22.1. The SMILES string of the molecule is CC[C@H](c1nnnn1C[C@@H]1CCCO1)N(Cc1ccccc1OC)Cc1cc2cc(OC)ccc2[nH]c1=O. The van der Waals surface area contributed by atoms with E-state index in [4.69, 9.17) is 14.2 Å². The minimum Gasteiger partial charge on any atom is -0.497 e. The first-order chi connectivity index (χ1) is 18.6. The standard InChI is InChI=1S/C28H34N6O4/c1-4-25(27-30-31-32-34(27)18-23-9-7-13-38-23)33(16-19-8-5-6-10-26(19)37-3)17-21-14-20-15-22(36-2)11-12-24(20)29-28(21)35/h5-6,8,10-12,14-15,23,25H,4,7,9,13,16-18H2,1-3H3,(H,29,35)/t23-,25+/m0/s1. The normalized spacial score (nSPS) is 16.3. The second-order valence-electron chi connectivity index (χ2n) is 9.57. The third-order valence-electron chi connectivity index (χ3n) is 7.15. The number of hydrogen-bond donors (Lipinski definition) is 1. The molecule has 0 saturated carbocycles. The number of methoxy groups -OCH3 is 2. The highest BCUT2D eigenvalue weighted by Gasteiger charge is 2.28. The van der Waals surface area contributed by atoms with Crippen LogP contribution in [0.3, 0.4) is 0 Å². The van der Waals surface area contributed by atoms with E-state index in [0.717, 1.165) is 59.7 Å². The molecule has 2 aromatic carbocycles. The minimum absolute atomic E-state index is 0.107. The fraction of sp³-hybridized carbons (Fsp3) is 0.429. The third kappa shape index (κ3) is 5.56. The number of nitrogens with zero attached hydrogens (tertiary/aromatic N) is 5. The van der Waals surface area contributed by atoms with Crippen LogP contribution >= 0.6 is 0 Å². The molecule has 2 atom stereocenters. The second-order valence-corrected chi connectivity index (χ2v) is 9.57. The number of para-hydroxylation sites is 1. The molecule has 0 aliphatic carbocycles. The number of pyridine rings is 1. The van der Waals surface area contributed by atoms with Crippen LogP contribution in [0.2, 0.25) is 0 Å². The second kappa shape index (κ2) is 11.7. The Hall–Kier alpha value is -3.76. The predicted octanol–water partition coefficient (Wildman–Crippen LogP) is 3.86. The van der Waals surface area contributed by atoms with Gasteiger partial charge in [0.1, 0.15) is 11.5 Å². The van der Waals surface area contributed by atoms with E-state index in [2.05, 4.69) is 32.3 Å². The Balaban J connectivity index is 1.53. The lowest BCUT2D eigenvalue weighted by Crippen LogP contribution is -2.33. The number of aromatic nitrogens is 5. The first-order valence-electron chi connectivity index (χ1n) is 13.0. The highest BCUT2D eigenvalue weighted by Crippen LogP contribution is 2.30. The molecule has 10 nitrogen and oxygen atoms in total. The summed E-state index contributed by atoms with van der Waals surface area (Å²) in [6, 6.07) is 15.4. The number of ether oxygens (including phenoxy) is 3. The van der Waals surface area contributed by atoms with Crippen molar-refractivity contribution in [1.29, 1.82) is 0 Å². The van der Waals surface area contributed by atoms with Gasteiger partial charge in [-0.05, 0) is 60.0 Å². The van der Waals surface area contributed by atoms with Crippen molar-refractivity contribution in [2.24, 2.45) is 0 Å². The quantitative estimate of drug-likeness (QED) is 0.319. The number of H-pyrrole nitrogens is 1. The Kier molecular flexibility index (Phi) is 8.00. The highest BCUT2D eigenvalue weighted by atomic mass is 16.5. The van der Waals surface area contributed by atoms with E-state index in [0.29, 0.717) is 25.2 Å². The average Bonchev–Trinajstić information content (AvgIpc) is 3.62. The van der Waals surface area contributed by atoms with Gasteiger partial charge in [0, 0.05) is 41.7 Å². The maximum absolute atomic E-state index is 13.2. The van der Waals surface area contributed by atoms with Crippen LogP contribution in [0.4, 0.5) is 0 Å². The summed E-state index contributed by atoms with van der Waals surface area (Å²) in [6.45, 7) is 4.43. The molecular formula is C28H34N6O4. The first kappa shape index (κ1) is 25.9. The van der Waals surface area contributed by atoms with Crippen LogP contribution in [0.25, 0.3) is 10.9 Å². The van der Waals surface area contributed by atoms with Gasteiger partial charge >= 0.3 is 0 Å². The Morgan fingerprint density at radius 1 is 1.13 bits per heavy atom. The summed E-state index contributed by atoms with van der Waals surface area (Å²) in [4.78, 5) is 18.5. The molecule has 1 N–H and O–H groups in total. The summed E-state index contributed by atoms with van der Waals surface area (Å²) in [5.41, 5.74) is 2.31. The summed E-state index contributed by atoms with van der Waals surface area (Å²) in [5.74, 6) is 2.29. The van der Waals surface area contributed by atoms with Crippen LogP contribution in [0, 0.1) is 0 Å². The molecule has 5 rings (SSSR count). The van der Waals surface area contributed by atoms with Crippen molar-refractivity contribution in [1.82, 2.24) is 30.1 Å². The van der Waals surface area contributed by atoms with Crippen molar-refractivity contribution in [3.05, 3.63) is 75.8 Å². The molecule has 3 heterocycles. The molecule has 1 fully saturated rings. The van der Waals surface area contributed by atoms with Crippen LogP contribution in [0.15, 0.2) is 53.3 Å². The summed E-state index contributed by atoms with van der Waals surface area (Å²) in [7, 11) is 3.30. The maximum atomic E-state index is 13.2. The third-order valence-corrected chi connectivity index (χ3v) is 7.15. The first-order valence-corrected chi connectivity index (χ1v) is 13.0. The van der Waals surface area contributed by atoms with E-state index >= 15 is 0 Å². The molecule has 1 aliphatic rings. The Bertz CT molecular complexity index is 1430. The smallest absolute Gasteiger partial charge is 0.252 e. The van der Waals surface area contributed by atoms with Gasteiger partial charge in [-0.1, -0.05) is 25.1 Å². The number of aromatic amines is 1. The van der Waals surface area contributed by atoms with Gasteiger partial charge in [0.2, 0.25) is 0 Å². The summed E-state index contributed by atoms with van der Waals surface area (Å²) in [5, 5.41) is 13.7. The number of rotatable bonds is 11. The summed E-state index contributed by atoms with van der Waals surface area (Å²) >= 11 is 0. The molecule has 38 heavy (non-hydrogen) atoms. The van der Waals surface area contributed by atoms with Gasteiger partial charge in [-0.3, -0.25) is 9.69 Å².